The maximum Gasteiger partial charge on any atom is 0.254 e. The third kappa shape index (κ3) is 3.60. The van der Waals surface area contributed by atoms with Gasteiger partial charge in [0.1, 0.15) is 6.04 Å². The van der Waals surface area contributed by atoms with Gasteiger partial charge >= 0.3 is 0 Å². The first-order valence-electron chi connectivity index (χ1n) is 9.60. The van der Waals surface area contributed by atoms with E-state index in [0.717, 1.165) is 11.1 Å². The summed E-state index contributed by atoms with van der Waals surface area (Å²) in [4.78, 5) is 27.4. The summed E-state index contributed by atoms with van der Waals surface area (Å²) in [6.45, 7) is 0.747. The van der Waals surface area contributed by atoms with Crippen molar-refractivity contribution in [3.8, 4) is 0 Å². The number of fused-ring (bicyclic) bond motifs is 1. The number of hydrogen-bond acceptors (Lipinski definition) is 4. The maximum atomic E-state index is 13.3. The van der Waals surface area contributed by atoms with Gasteiger partial charge in [-0.05, 0) is 35.7 Å². The highest BCUT2D eigenvalue weighted by Gasteiger charge is 2.35. The molecule has 29 heavy (non-hydrogen) atoms. The van der Waals surface area contributed by atoms with Crippen LogP contribution in [0.25, 0.3) is 0 Å². The summed E-state index contributed by atoms with van der Waals surface area (Å²) >= 11 is 0. The van der Waals surface area contributed by atoms with E-state index in [2.05, 4.69) is 5.32 Å². The van der Waals surface area contributed by atoms with E-state index < -0.39 is 16.1 Å². The molecule has 1 saturated heterocycles. The average molecular weight is 413 g/mol. The van der Waals surface area contributed by atoms with Crippen LogP contribution in [0.15, 0.2) is 48.5 Å². The molecular weight excluding hydrogens is 390 g/mol. The van der Waals surface area contributed by atoms with Crippen molar-refractivity contribution in [1.82, 2.24) is 10.2 Å². The summed E-state index contributed by atoms with van der Waals surface area (Å²) in [5.74, 6) is -0.384. The van der Waals surface area contributed by atoms with Crippen LogP contribution in [0, 0.1) is 0 Å². The van der Waals surface area contributed by atoms with Gasteiger partial charge in [0.25, 0.3) is 5.91 Å². The van der Waals surface area contributed by atoms with Crippen molar-refractivity contribution in [3.05, 3.63) is 65.2 Å². The van der Waals surface area contributed by atoms with E-state index in [0.29, 0.717) is 37.2 Å². The number of carbonyl (C=O) groups excluding carboxylic acids is 2. The molecule has 152 valence electrons. The zero-order valence-corrected chi connectivity index (χ0v) is 17.0. The SMILES string of the molecule is CNC(=O)[C@H]1Cc2ccccc2CN1C(=O)c1cccc(N2CCCS2(=O)=O)c1. The normalized spacial score (nSPS) is 20.2. The molecule has 0 aromatic heterocycles. The fourth-order valence-electron chi connectivity index (χ4n) is 4.03. The van der Waals surface area contributed by atoms with Gasteiger partial charge in [-0.1, -0.05) is 30.3 Å². The predicted molar refractivity (Wildman–Crippen MR) is 110 cm³/mol. The predicted octanol–water partition coefficient (Wildman–Crippen LogP) is 1.54. The number of anilines is 1. The van der Waals surface area contributed by atoms with Crippen LogP contribution < -0.4 is 9.62 Å². The lowest BCUT2D eigenvalue weighted by Gasteiger charge is -2.36. The first-order valence-corrected chi connectivity index (χ1v) is 11.2. The molecule has 8 heteroatoms. The van der Waals surface area contributed by atoms with Crippen molar-refractivity contribution in [2.24, 2.45) is 0 Å². The summed E-state index contributed by atoms with van der Waals surface area (Å²) < 4.78 is 25.8. The van der Waals surface area contributed by atoms with Crippen molar-refractivity contribution in [2.45, 2.75) is 25.4 Å². The molecule has 2 aromatic rings. The number of nitrogens with zero attached hydrogens (tertiary/aromatic N) is 2. The molecule has 4 rings (SSSR count). The van der Waals surface area contributed by atoms with E-state index in [9.17, 15) is 18.0 Å². The standard InChI is InChI=1S/C21H23N3O4S/c1-22-20(25)19-13-15-6-2-3-7-17(15)14-23(19)21(26)16-8-4-9-18(12-16)24-10-5-11-29(24,27)28/h2-4,6-9,12,19H,5,10-11,13-14H2,1H3,(H,22,25)/t19-/m1/s1. The minimum atomic E-state index is -3.33. The minimum absolute atomic E-state index is 0.118. The molecule has 0 unspecified atom stereocenters. The number of carbonyl (C=O) groups is 2. The van der Waals surface area contributed by atoms with Gasteiger partial charge in [0.15, 0.2) is 0 Å². The molecule has 0 radical (unpaired) electrons. The molecule has 0 bridgehead atoms. The van der Waals surface area contributed by atoms with Crippen LogP contribution in [-0.2, 0) is 27.8 Å². The quantitative estimate of drug-likeness (QED) is 0.827. The van der Waals surface area contributed by atoms with Crippen molar-refractivity contribution in [2.75, 3.05) is 23.7 Å². The number of benzene rings is 2. The number of rotatable bonds is 3. The highest BCUT2D eigenvalue weighted by atomic mass is 32.2. The Kier molecular flexibility index (Phi) is 5.04. The van der Waals surface area contributed by atoms with Crippen molar-refractivity contribution >= 4 is 27.5 Å². The topological polar surface area (TPSA) is 86.8 Å². The van der Waals surface area contributed by atoms with Crippen molar-refractivity contribution < 1.29 is 18.0 Å². The molecule has 1 atom stereocenters. The second-order valence-corrected chi connectivity index (χ2v) is 9.34. The third-order valence-corrected chi connectivity index (χ3v) is 7.41. The monoisotopic (exact) mass is 413 g/mol. The molecule has 2 heterocycles. The van der Waals surface area contributed by atoms with E-state index in [-0.39, 0.29) is 17.6 Å². The second-order valence-electron chi connectivity index (χ2n) is 7.33. The van der Waals surface area contributed by atoms with Crippen LogP contribution in [0.3, 0.4) is 0 Å². The van der Waals surface area contributed by atoms with Crippen LogP contribution in [0.4, 0.5) is 5.69 Å². The molecule has 1 fully saturated rings. The maximum absolute atomic E-state index is 13.3. The molecule has 1 N–H and O–H groups in total. The van der Waals surface area contributed by atoms with E-state index >= 15 is 0 Å². The smallest absolute Gasteiger partial charge is 0.254 e. The summed E-state index contributed by atoms with van der Waals surface area (Å²) in [5, 5.41) is 2.65. The first-order chi connectivity index (χ1) is 13.9. The summed E-state index contributed by atoms with van der Waals surface area (Å²) in [7, 11) is -1.77. The summed E-state index contributed by atoms with van der Waals surface area (Å²) in [6, 6.07) is 13.8. The number of hydrogen-bond donors (Lipinski definition) is 1. The molecule has 0 saturated carbocycles. The van der Waals surface area contributed by atoms with E-state index in [1.54, 1.807) is 36.2 Å². The van der Waals surface area contributed by atoms with Crippen molar-refractivity contribution in [1.29, 1.82) is 0 Å². The van der Waals surface area contributed by atoms with Gasteiger partial charge in [-0.3, -0.25) is 13.9 Å². The number of amides is 2. The lowest BCUT2D eigenvalue weighted by Crippen LogP contribution is -2.51. The van der Waals surface area contributed by atoms with Crippen LogP contribution in [0.5, 0.6) is 0 Å². The molecule has 2 aliphatic heterocycles. The Morgan fingerprint density at radius 1 is 1.07 bits per heavy atom. The Morgan fingerprint density at radius 2 is 1.83 bits per heavy atom. The highest BCUT2D eigenvalue weighted by Crippen LogP contribution is 2.28. The second kappa shape index (κ2) is 7.51. The molecular formula is C21H23N3O4S. The zero-order chi connectivity index (χ0) is 20.6. The molecule has 2 amide bonds. The van der Waals surface area contributed by atoms with Gasteiger partial charge in [0.2, 0.25) is 15.9 Å². The zero-order valence-electron chi connectivity index (χ0n) is 16.2. The van der Waals surface area contributed by atoms with Crippen LogP contribution in [0.2, 0.25) is 0 Å². The first kappa shape index (κ1) is 19.4. The molecule has 0 aliphatic carbocycles. The van der Waals surface area contributed by atoms with Gasteiger partial charge in [-0.2, -0.15) is 0 Å². The fourth-order valence-corrected chi connectivity index (χ4v) is 5.58. The summed E-state index contributed by atoms with van der Waals surface area (Å²) in [6.07, 6.45) is 1.02. The van der Waals surface area contributed by atoms with Gasteiger partial charge in [0.05, 0.1) is 11.4 Å². The van der Waals surface area contributed by atoms with E-state index in [1.807, 2.05) is 24.3 Å². The molecule has 0 spiro atoms. The van der Waals surface area contributed by atoms with Crippen LogP contribution in [-0.4, -0.2) is 50.5 Å². The molecule has 2 aromatic carbocycles. The Bertz CT molecular complexity index is 1070. The minimum Gasteiger partial charge on any atom is -0.357 e. The Labute approximate surface area is 170 Å². The largest absolute Gasteiger partial charge is 0.357 e. The van der Waals surface area contributed by atoms with Crippen LogP contribution >= 0.6 is 0 Å². The van der Waals surface area contributed by atoms with Gasteiger partial charge < -0.3 is 10.2 Å². The fraction of sp³-hybridized carbons (Fsp3) is 0.333. The Hall–Kier alpha value is -2.87. The highest BCUT2D eigenvalue weighted by molar-refractivity contribution is 7.93. The lowest BCUT2D eigenvalue weighted by atomic mass is 9.92. The average Bonchev–Trinajstić information content (AvgIpc) is 3.10. The van der Waals surface area contributed by atoms with Gasteiger partial charge in [0, 0.05) is 32.1 Å². The number of likely N-dealkylation sites (N-methyl/N-ethyl adjacent to an activating group) is 1. The van der Waals surface area contributed by atoms with Crippen LogP contribution in [0.1, 0.15) is 27.9 Å². The molecule has 7 nitrogen and oxygen atoms in total. The number of sulfonamides is 1. The Balaban J connectivity index is 1.67. The summed E-state index contributed by atoms with van der Waals surface area (Å²) in [5.41, 5.74) is 2.93. The lowest BCUT2D eigenvalue weighted by molar-refractivity contribution is -0.125. The van der Waals surface area contributed by atoms with Crippen molar-refractivity contribution in [3.63, 3.8) is 0 Å². The third-order valence-electron chi connectivity index (χ3n) is 5.54. The van der Waals surface area contributed by atoms with E-state index in [4.69, 9.17) is 0 Å². The van der Waals surface area contributed by atoms with Gasteiger partial charge in [-0.15, -0.1) is 0 Å². The van der Waals surface area contributed by atoms with Gasteiger partial charge in [-0.25, -0.2) is 8.42 Å². The van der Waals surface area contributed by atoms with E-state index in [1.165, 1.54) is 4.31 Å². The molecule has 2 aliphatic rings. The number of nitrogens with one attached hydrogen (secondary N) is 1. The Morgan fingerprint density at radius 3 is 2.52 bits per heavy atom.